The van der Waals surface area contributed by atoms with Crippen LogP contribution in [0, 0.1) is 0 Å². The van der Waals surface area contributed by atoms with E-state index in [2.05, 4.69) is 19.2 Å². The fourth-order valence-corrected chi connectivity index (χ4v) is 1.14. The maximum Gasteiger partial charge on any atom is -0.00474 e. The highest BCUT2D eigenvalue weighted by Gasteiger charge is 1.92. The van der Waals surface area contributed by atoms with Gasteiger partial charge in [0.1, 0.15) is 0 Å². The van der Waals surface area contributed by atoms with E-state index in [1.807, 2.05) is 20.8 Å². The second-order valence-electron chi connectivity index (χ2n) is 1.95. The SMILES string of the molecule is C=C(C)S/C(C)=C(\C)S. The topological polar surface area (TPSA) is 0 Å². The fourth-order valence-electron chi connectivity index (χ4n) is 0.335. The van der Waals surface area contributed by atoms with Crippen LogP contribution in [0.15, 0.2) is 21.3 Å². The molecule has 0 atom stereocenters. The molecule has 0 saturated carbocycles. The van der Waals surface area contributed by atoms with Crippen molar-refractivity contribution in [3.05, 3.63) is 21.3 Å². The van der Waals surface area contributed by atoms with Crippen molar-refractivity contribution in [1.82, 2.24) is 0 Å². The van der Waals surface area contributed by atoms with Crippen LogP contribution in [0.1, 0.15) is 20.8 Å². The number of thioether (sulfide) groups is 1. The van der Waals surface area contributed by atoms with Gasteiger partial charge in [-0.25, -0.2) is 0 Å². The molecule has 0 aromatic heterocycles. The van der Waals surface area contributed by atoms with Gasteiger partial charge in [-0.1, -0.05) is 18.3 Å². The molecule has 0 aliphatic heterocycles. The highest BCUT2D eigenvalue weighted by Crippen LogP contribution is 2.26. The number of rotatable bonds is 2. The summed E-state index contributed by atoms with van der Waals surface area (Å²) in [5.74, 6) is 0. The van der Waals surface area contributed by atoms with E-state index in [1.165, 1.54) is 4.91 Å². The van der Waals surface area contributed by atoms with Crippen molar-refractivity contribution in [2.45, 2.75) is 20.8 Å². The first-order chi connectivity index (χ1) is 4.04. The van der Waals surface area contributed by atoms with Gasteiger partial charge in [-0.3, -0.25) is 0 Å². The van der Waals surface area contributed by atoms with Crippen molar-refractivity contribution in [3.8, 4) is 0 Å². The van der Waals surface area contributed by atoms with Gasteiger partial charge in [0.15, 0.2) is 0 Å². The summed E-state index contributed by atoms with van der Waals surface area (Å²) in [4.78, 5) is 3.41. The lowest BCUT2D eigenvalue weighted by Crippen LogP contribution is -1.69. The molecule has 0 rings (SSSR count). The lowest BCUT2D eigenvalue weighted by molar-refractivity contribution is 1.56. The monoisotopic (exact) mass is 160 g/mol. The molecule has 9 heavy (non-hydrogen) atoms. The molecule has 0 nitrogen and oxygen atoms in total. The van der Waals surface area contributed by atoms with E-state index in [1.54, 1.807) is 11.8 Å². The zero-order valence-electron chi connectivity index (χ0n) is 6.06. The molecule has 0 amide bonds. The van der Waals surface area contributed by atoms with E-state index in [9.17, 15) is 0 Å². The Morgan fingerprint density at radius 3 is 1.89 bits per heavy atom. The predicted molar refractivity (Wildman–Crippen MR) is 49.8 cm³/mol. The third-order valence-electron chi connectivity index (χ3n) is 0.837. The van der Waals surface area contributed by atoms with Crippen LogP contribution in [0.2, 0.25) is 0 Å². The van der Waals surface area contributed by atoms with Crippen LogP contribution >= 0.6 is 24.4 Å². The fraction of sp³-hybridized carbons (Fsp3) is 0.429. The zero-order valence-corrected chi connectivity index (χ0v) is 7.77. The van der Waals surface area contributed by atoms with Gasteiger partial charge in [-0.05, 0) is 35.5 Å². The van der Waals surface area contributed by atoms with Gasteiger partial charge in [0, 0.05) is 0 Å². The van der Waals surface area contributed by atoms with Crippen LogP contribution in [0.4, 0.5) is 0 Å². The Bertz CT molecular complexity index is 141. The Hall–Kier alpha value is 0.180. The summed E-state index contributed by atoms with van der Waals surface area (Å²) in [5.41, 5.74) is 0. The molecule has 0 N–H and O–H groups in total. The molecule has 0 saturated heterocycles. The van der Waals surface area contributed by atoms with Crippen LogP contribution in [-0.2, 0) is 0 Å². The molecule has 0 aromatic carbocycles. The van der Waals surface area contributed by atoms with Crippen LogP contribution < -0.4 is 0 Å². The molecule has 0 unspecified atom stereocenters. The van der Waals surface area contributed by atoms with Crippen LogP contribution in [0.5, 0.6) is 0 Å². The first-order valence-corrected chi connectivity index (χ1v) is 4.00. The predicted octanol–water partition coefficient (Wildman–Crippen LogP) is 3.43. The maximum absolute atomic E-state index is 4.19. The van der Waals surface area contributed by atoms with E-state index >= 15 is 0 Å². The van der Waals surface area contributed by atoms with E-state index in [-0.39, 0.29) is 0 Å². The third kappa shape index (κ3) is 4.67. The summed E-state index contributed by atoms with van der Waals surface area (Å²) in [7, 11) is 0. The van der Waals surface area contributed by atoms with Gasteiger partial charge in [0.05, 0.1) is 0 Å². The Labute approximate surface area is 66.8 Å². The van der Waals surface area contributed by atoms with E-state index in [4.69, 9.17) is 0 Å². The molecule has 0 aliphatic rings. The van der Waals surface area contributed by atoms with Crippen molar-refractivity contribution in [2.24, 2.45) is 0 Å². The average Bonchev–Trinajstić information content (AvgIpc) is 1.63. The minimum atomic E-state index is 1.07. The van der Waals surface area contributed by atoms with Crippen LogP contribution in [0.25, 0.3) is 0 Å². The molecular weight excluding hydrogens is 148 g/mol. The van der Waals surface area contributed by atoms with E-state index in [0.29, 0.717) is 0 Å². The van der Waals surface area contributed by atoms with Gasteiger partial charge in [0.2, 0.25) is 0 Å². The van der Waals surface area contributed by atoms with Crippen molar-refractivity contribution >= 4 is 24.4 Å². The molecule has 2 heteroatoms. The quantitative estimate of drug-likeness (QED) is 0.604. The minimum absolute atomic E-state index is 1.07. The summed E-state index contributed by atoms with van der Waals surface area (Å²) in [6.07, 6.45) is 0. The van der Waals surface area contributed by atoms with Crippen LogP contribution in [-0.4, -0.2) is 0 Å². The Kier molecular flexibility index (Phi) is 4.15. The van der Waals surface area contributed by atoms with E-state index < -0.39 is 0 Å². The maximum atomic E-state index is 4.19. The third-order valence-corrected chi connectivity index (χ3v) is 2.28. The zero-order chi connectivity index (χ0) is 7.44. The molecule has 0 fully saturated rings. The van der Waals surface area contributed by atoms with Gasteiger partial charge >= 0.3 is 0 Å². The smallest absolute Gasteiger partial charge is 0.00474 e. The molecule has 0 spiro atoms. The Morgan fingerprint density at radius 2 is 1.78 bits per heavy atom. The van der Waals surface area contributed by atoms with Crippen molar-refractivity contribution < 1.29 is 0 Å². The molecule has 0 aliphatic carbocycles. The number of allylic oxidation sites excluding steroid dienone is 3. The molecule has 0 heterocycles. The summed E-state index contributed by atoms with van der Waals surface area (Å²) in [6, 6.07) is 0. The second kappa shape index (κ2) is 4.07. The molecule has 0 radical (unpaired) electrons. The number of thiol groups is 1. The summed E-state index contributed by atoms with van der Waals surface area (Å²) < 4.78 is 0. The lowest BCUT2D eigenvalue weighted by Gasteiger charge is -1.99. The highest BCUT2D eigenvalue weighted by molar-refractivity contribution is 8.07. The highest BCUT2D eigenvalue weighted by atomic mass is 32.2. The number of hydrogen-bond donors (Lipinski definition) is 1. The second-order valence-corrected chi connectivity index (χ2v) is 4.13. The summed E-state index contributed by atoms with van der Waals surface area (Å²) >= 11 is 5.86. The van der Waals surface area contributed by atoms with Gasteiger partial charge in [-0.2, -0.15) is 0 Å². The van der Waals surface area contributed by atoms with Gasteiger partial charge in [0.25, 0.3) is 0 Å². The molecule has 52 valence electrons. The number of hydrogen-bond acceptors (Lipinski definition) is 2. The van der Waals surface area contributed by atoms with Gasteiger partial charge in [-0.15, -0.1) is 12.6 Å². The Balaban J connectivity index is 3.92. The average molecular weight is 160 g/mol. The lowest BCUT2D eigenvalue weighted by atomic mass is 10.6. The standard InChI is InChI=1S/C7H12S2/c1-5(2)9-7(4)6(3)8/h8H,1H2,2-4H3/b7-6+. The first-order valence-electron chi connectivity index (χ1n) is 2.74. The van der Waals surface area contributed by atoms with Crippen molar-refractivity contribution in [3.63, 3.8) is 0 Å². The Morgan fingerprint density at radius 1 is 1.33 bits per heavy atom. The summed E-state index contributed by atoms with van der Waals surface area (Å²) in [5, 5.41) is 0. The summed E-state index contributed by atoms with van der Waals surface area (Å²) in [6.45, 7) is 9.79. The molecule has 0 aromatic rings. The normalized spacial score (nSPS) is 12.9. The largest absolute Gasteiger partial charge is 0.147 e. The van der Waals surface area contributed by atoms with Gasteiger partial charge < -0.3 is 0 Å². The van der Waals surface area contributed by atoms with E-state index in [0.717, 1.165) is 9.81 Å². The first kappa shape index (κ1) is 9.18. The molecule has 0 bridgehead atoms. The van der Waals surface area contributed by atoms with Crippen LogP contribution in [0.3, 0.4) is 0 Å². The van der Waals surface area contributed by atoms with Crippen molar-refractivity contribution in [2.75, 3.05) is 0 Å². The van der Waals surface area contributed by atoms with Crippen molar-refractivity contribution in [1.29, 1.82) is 0 Å². The minimum Gasteiger partial charge on any atom is -0.147 e. The molecular formula is C7H12S2.